The molecule has 3 nitrogen and oxygen atoms in total. The highest BCUT2D eigenvalue weighted by atomic mass is 19.1. The van der Waals surface area contributed by atoms with E-state index >= 15 is 0 Å². The first-order valence-corrected chi connectivity index (χ1v) is 6.14. The fraction of sp³-hybridized carbons (Fsp3) is 0.188. The van der Waals surface area contributed by atoms with Crippen LogP contribution in [0.5, 0.6) is 11.5 Å². The summed E-state index contributed by atoms with van der Waals surface area (Å²) < 4.78 is 23.9. The van der Waals surface area contributed by atoms with E-state index in [9.17, 15) is 4.39 Å². The van der Waals surface area contributed by atoms with E-state index in [0.29, 0.717) is 17.1 Å². The van der Waals surface area contributed by atoms with Crippen LogP contribution in [0.2, 0.25) is 0 Å². The SMILES string of the molecule is COc1cc(C#N)ccc1OC(C)c1ccc(F)cc1. The Balaban J connectivity index is 2.21. The van der Waals surface area contributed by atoms with Gasteiger partial charge in [0, 0.05) is 6.07 Å². The molecule has 0 fully saturated rings. The maximum atomic E-state index is 12.9. The molecule has 0 aromatic heterocycles. The lowest BCUT2D eigenvalue weighted by Crippen LogP contribution is -2.04. The second-order valence-electron chi connectivity index (χ2n) is 4.29. The monoisotopic (exact) mass is 271 g/mol. The van der Waals surface area contributed by atoms with E-state index < -0.39 is 0 Å². The second kappa shape index (κ2) is 6.07. The first-order valence-electron chi connectivity index (χ1n) is 6.14. The van der Waals surface area contributed by atoms with Gasteiger partial charge in [0.1, 0.15) is 11.9 Å². The van der Waals surface area contributed by atoms with Gasteiger partial charge >= 0.3 is 0 Å². The fourth-order valence-electron chi connectivity index (χ4n) is 1.83. The van der Waals surface area contributed by atoms with Gasteiger partial charge in [-0.15, -0.1) is 0 Å². The van der Waals surface area contributed by atoms with Gasteiger partial charge in [0.05, 0.1) is 18.7 Å². The van der Waals surface area contributed by atoms with Gasteiger partial charge in [0.15, 0.2) is 11.5 Å². The van der Waals surface area contributed by atoms with Crippen molar-refractivity contribution in [2.24, 2.45) is 0 Å². The molecule has 0 radical (unpaired) electrons. The van der Waals surface area contributed by atoms with Gasteiger partial charge in [-0.3, -0.25) is 0 Å². The van der Waals surface area contributed by atoms with Crippen LogP contribution in [0.1, 0.15) is 24.2 Å². The number of hydrogen-bond acceptors (Lipinski definition) is 3. The van der Waals surface area contributed by atoms with Crippen LogP contribution in [0.25, 0.3) is 0 Å². The summed E-state index contributed by atoms with van der Waals surface area (Å²) in [5, 5.41) is 8.85. The third-order valence-corrected chi connectivity index (χ3v) is 2.94. The third kappa shape index (κ3) is 3.07. The average Bonchev–Trinajstić information content (AvgIpc) is 2.48. The Morgan fingerprint density at radius 1 is 1.10 bits per heavy atom. The summed E-state index contributed by atoms with van der Waals surface area (Å²) in [6.45, 7) is 1.87. The first kappa shape index (κ1) is 13.9. The highest BCUT2D eigenvalue weighted by Crippen LogP contribution is 2.31. The molecule has 0 heterocycles. The minimum atomic E-state index is -0.281. The maximum absolute atomic E-state index is 12.9. The van der Waals surface area contributed by atoms with Crippen molar-refractivity contribution in [2.75, 3.05) is 7.11 Å². The van der Waals surface area contributed by atoms with Gasteiger partial charge in [-0.05, 0) is 36.8 Å². The van der Waals surface area contributed by atoms with Crippen molar-refractivity contribution in [2.45, 2.75) is 13.0 Å². The zero-order chi connectivity index (χ0) is 14.5. The van der Waals surface area contributed by atoms with Crippen LogP contribution in [-0.2, 0) is 0 Å². The van der Waals surface area contributed by atoms with Gasteiger partial charge < -0.3 is 9.47 Å². The van der Waals surface area contributed by atoms with Gasteiger partial charge in [0.25, 0.3) is 0 Å². The number of halogens is 1. The van der Waals surface area contributed by atoms with Crippen LogP contribution in [0.15, 0.2) is 42.5 Å². The summed E-state index contributed by atoms with van der Waals surface area (Å²) in [4.78, 5) is 0. The highest BCUT2D eigenvalue weighted by molar-refractivity contribution is 5.47. The van der Waals surface area contributed by atoms with E-state index in [1.54, 1.807) is 30.3 Å². The summed E-state index contributed by atoms with van der Waals surface area (Å²) in [6, 6.07) is 13.2. The molecule has 102 valence electrons. The molecule has 4 heteroatoms. The Labute approximate surface area is 117 Å². The van der Waals surface area contributed by atoms with E-state index in [2.05, 4.69) is 0 Å². The average molecular weight is 271 g/mol. The van der Waals surface area contributed by atoms with Gasteiger partial charge in [-0.2, -0.15) is 5.26 Å². The highest BCUT2D eigenvalue weighted by Gasteiger charge is 2.12. The molecule has 0 aliphatic rings. The molecule has 0 aliphatic carbocycles. The molecule has 20 heavy (non-hydrogen) atoms. The quantitative estimate of drug-likeness (QED) is 0.848. The maximum Gasteiger partial charge on any atom is 0.162 e. The van der Waals surface area contributed by atoms with Crippen molar-refractivity contribution in [1.29, 1.82) is 5.26 Å². The second-order valence-corrected chi connectivity index (χ2v) is 4.29. The summed E-state index contributed by atoms with van der Waals surface area (Å²) in [5.41, 5.74) is 1.36. The molecule has 0 bridgehead atoms. The largest absolute Gasteiger partial charge is 0.493 e. The molecule has 2 aromatic carbocycles. The standard InChI is InChI=1S/C16H14FNO2/c1-11(13-4-6-14(17)7-5-13)20-15-8-3-12(10-18)9-16(15)19-2/h3-9,11H,1-2H3. The lowest BCUT2D eigenvalue weighted by Gasteiger charge is -2.17. The number of nitriles is 1. The van der Waals surface area contributed by atoms with Crippen LogP contribution >= 0.6 is 0 Å². The molecule has 1 atom stereocenters. The van der Waals surface area contributed by atoms with E-state index in [-0.39, 0.29) is 11.9 Å². The molecule has 0 N–H and O–H groups in total. The summed E-state index contributed by atoms with van der Waals surface area (Å²) in [6.07, 6.45) is -0.252. The number of nitrogens with zero attached hydrogens (tertiary/aromatic N) is 1. The molecule has 0 spiro atoms. The number of benzene rings is 2. The van der Waals surface area contributed by atoms with Crippen molar-refractivity contribution in [3.63, 3.8) is 0 Å². The molecule has 2 rings (SSSR count). The summed E-state index contributed by atoms with van der Waals surface area (Å²) in [5.74, 6) is 0.762. The number of rotatable bonds is 4. The number of hydrogen-bond donors (Lipinski definition) is 0. The van der Waals surface area contributed by atoms with Crippen molar-refractivity contribution >= 4 is 0 Å². The van der Waals surface area contributed by atoms with Crippen molar-refractivity contribution < 1.29 is 13.9 Å². The molecular weight excluding hydrogens is 257 g/mol. The van der Waals surface area contributed by atoms with Crippen LogP contribution in [0, 0.1) is 17.1 Å². The minimum Gasteiger partial charge on any atom is -0.493 e. The Morgan fingerprint density at radius 3 is 2.40 bits per heavy atom. The van der Waals surface area contributed by atoms with E-state index in [4.69, 9.17) is 14.7 Å². The van der Waals surface area contributed by atoms with E-state index in [0.717, 1.165) is 5.56 Å². The molecule has 2 aromatic rings. The lowest BCUT2D eigenvalue weighted by molar-refractivity contribution is 0.216. The third-order valence-electron chi connectivity index (χ3n) is 2.94. The predicted molar refractivity (Wildman–Crippen MR) is 73.2 cm³/mol. The zero-order valence-corrected chi connectivity index (χ0v) is 11.3. The number of ether oxygens (including phenoxy) is 2. The molecule has 1 unspecified atom stereocenters. The molecule has 0 saturated carbocycles. The minimum absolute atomic E-state index is 0.252. The number of methoxy groups -OCH3 is 1. The summed E-state index contributed by atoms with van der Waals surface area (Å²) in [7, 11) is 1.52. The van der Waals surface area contributed by atoms with Gasteiger partial charge in [0.2, 0.25) is 0 Å². The van der Waals surface area contributed by atoms with Crippen LogP contribution < -0.4 is 9.47 Å². The van der Waals surface area contributed by atoms with Crippen molar-refractivity contribution in [1.82, 2.24) is 0 Å². The normalized spacial score (nSPS) is 11.5. The zero-order valence-electron chi connectivity index (χ0n) is 11.3. The molecule has 0 amide bonds. The Morgan fingerprint density at radius 2 is 1.80 bits per heavy atom. The van der Waals surface area contributed by atoms with Gasteiger partial charge in [-0.25, -0.2) is 4.39 Å². The van der Waals surface area contributed by atoms with Crippen molar-refractivity contribution in [3.8, 4) is 17.6 Å². The van der Waals surface area contributed by atoms with Crippen molar-refractivity contribution in [3.05, 3.63) is 59.4 Å². The molecule has 0 aliphatic heterocycles. The topological polar surface area (TPSA) is 42.2 Å². The fourth-order valence-corrected chi connectivity index (χ4v) is 1.83. The molecular formula is C16H14FNO2. The van der Waals surface area contributed by atoms with E-state index in [1.807, 2.05) is 13.0 Å². The Hall–Kier alpha value is -2.54. The van der Waals surface area contributed by atoms with Crippen LogP contribution in [-0.4, -0.2) is 7.11 Å². The van der Waals surface area contributed by atoms with E-state index in [1.165, 1.54) is 19.2 Å². The lowest BCUT2D eigenvalue weighted by atomic mass is 10.1. The molecule has 0 saturated heterocycles. The summed E-state index contributed by atoms with van der Waals surface area (Å²) >= 11 is 0. The Kier molecular flexibility index (Phi) is 4.21. The van der Waals surface area contributed by atoms with Crippen LogP contribution in [0.4, 0.5) is 4.39 Å². The Bertz CT molecular complexity index is 632. The van der Waals surface area contributed by atoms with Crippen LogP contribution in [0.3, 0.4) is 0 Å². The van der Waals surface area contributed by atoms with Gasteiger partial charge in [-0.1, -0.05) is 12.1 Å². The smallest absolute Gasteiger partial charge is 0.162 e. The predicted octanol–water partition coefficient (Wildman–Crippen LogP) is 3.85. The first-order chi connectivity index (χ1) is 9.63.